The number of rotatable bonds is 6. The highest BCUT2D eigenvalue weighted by atomic mass is 16.5. The molecule has 0 spiro atoms. The minimum Gasteiger partial charge on any atom is -0.494 e. The number of hydrogen-bond donors (Lipinski definition) is 1. The average molecular weight is 290 g/mol. The molecule has 0 aliphatic heterocycles. The number of hydrogen-bond acceptors (Lipinski definition) is 3. The van der Waals surface area contributed by atoms with Gasteiger partial charge in [0.25, 0.3) is 0 Å². The average Bonchev–Trinajstić information content (AvgIpc) is 2.48. The molecule has 21 heavy (non-hydrogen) atoms. The van der Waals surface area contributed by atoms with E-state index in [0.717, 1.165) is 23.8 Å². The second kappa shape index (κ2) is 7.81. The summed E-state index contributed by atoms with van der Waals surface area (Å²) in [7, 11) is 2.22. The van der Waals surface area contributed by atoms with Gasteiger partial charge in [0.1, 0.15) is 5.75 Å². The monoisotopic (exact) mass is 290 g/mol. The minimum absolute atomic E-state index is 0.00637. The fourth-order valence-corrected chi connectivity index (χ4v) is 3.57. The molecular weight excluding hydrogens is 260 g/mol. The molecule has 0 radical (unpaired) electrons. The van der Waals surface area contributed by atoms with Gasteiger partial charge in [0.2, 0.25) is 0 Å². The van der Waals surface area contributed by atoms with Crippen LogP contribution in [-0.4, -0.2) is 31.1 Å². The number of nitrogens with two attached hydrogens (primary N) is 1. The molecule has 1 aliphatic carbocycles. The largest absolute Gasteiger partial charge is 0.494 e. The van der Waals surface area contributed by atoms with Crippen molar-refractivity contribution in [2.45, 2.75) is 51.6 Å². The van der Waals surface area contributed by atoms with Gasteiger partial charge in [-0.05, 0) is 38.8 Å². The van der Waals surface area contributed by atoms with E-state index in [1.807, 2.05) is 25.1 Å². The first kappa shape index (κ1) is 16.3. The topological polar surface area (TPSA) is 38.5 Å². The number of ether oxygens (including phenoxy) is 1. The van der Waals surface area contributed by atoms with Gasteiger partial charge in [0.15, 0.2) is 0 Å². The Morgan fingerprint density at radius 2 is 2.00 bits per heavy atom. The van der Waals surface area contributed by atoms with Crippen LogP contribution >= 0.6 is 0 Å². The molecule has 3 nitrogen and oxygen atoms in total. The van der Waals surface area contributed by atoms with E-state index in [2.05, 4.69) is 24.9 Å². The van der Waals surface area contributed by atoms with E-state index in [4.69, 9.17) is 10.5 Å². The molecule has 2 rings (SSSR count). The Kier molecular flexibility index (Phi) is 6.07. The molecule has 2 N–H and O–H groups in total. The van der Waals surface area contributed by atoms with Crippen molar-refractivity contribution in [3.63, 3.8) is 0 Å². The highest BCUT2D eigenvalue weighted by Gasteiger charge is 2.26. The summed E-state index contributed by atoms with van der Waals surface area (Å²) in [5.74, 6) is 1.70. The maximum Gasteiger partial charge on any atom is 0.124 e. The Hall–Kier alpha value is -1.06. The van der Waals surface area contributed by atoms with Crippen LogP contribution in [0.15, 0.2) is 24.3 Å². The van der Waals surface area contributed by atoms with Gasteiger partial charge in [0.05, 0.1) is 6.61 Å². The summed E-state index contributed by atoms with van der Waals surface area (Å²) in [5.41, 5.74) is 7.58. The third-order valence-electron chi connectivity index (χ3n) is 4.74. The van der Waals surface area contributed by atoms with Crippen LogP contribution in [-0.2, 0) is 0 Å². The zero-order valence-corrected chi connectivity index (χ0v) is 13.7. The van der Waals surface area contributed by atoms with E-state index in [0.29, 0.717) is 12.6 Å². The molecule has 0 aromatic heterocycles. The van der Waals surface area contributed by atoms with Crippen LogP contribution in [0.1, 0.15) is 51.1 Å². The SMILES string of the molecule is CCOc1ccccc1C(N)CN(C)C1CCCCC1C. The summed E-state index contributed by atoms with van der Waals surface area (Å²) in [4.78, 5) is 2.46. The number of para-hydroxylation sites is 1. The maximum absolute atomic E-state index is 6.46. The van der Waals surface area contributed by atoms with Gasteiger partial charge >= 0.3 is 0 Å². The highest BCUT2D eigenvalue weighted by molar-refractivity contribution is 5.36. The van der Waals surface area contributed by atoms with Gasteiger partial charge in [-0.25, -0.2) is 0 Å². The number of likely N-dealkylation sites (N-methyl/N-ethyl adjacent to an activating group) is 1. The first-order valence-corrected chi connectivity index (χ1v) is 8.31. The van der Waals surface area contributed by atoms with Gasteiger partial charge in [-0.2, -0.15) is 0 Å². The fraction of sp³-hybridized carbons (Fsp3) is 0.667. The summed E-state index contributed by atoms with van der Waals surface area (Å²) in [6, 6.07) is 8.83. The molecule has 1 aromatic carbocycles. The third-order valence-corrected chi connectivity index (χ3v) is 4.74. The minimum atomic E-state index is 0.00637. The van der Waals surface area contributed by atoms with Gasteiger partial charge < -0.3 is 15.4 Å². The molecule has 1 aromatic rings. The second-order valence-corrected chi connectivity index (χ2v) is 6.35. The Labute approximate surface area is 129 Å². The molecule has 1 saturated carbocycles. The smallest absolute Gasteiger partial charge is 0.124 e. The Morgan fingerprint density at radius 3 is 2.71 bits per heavy atom. The predicted molar refractivity (Wildman–Crippen MR) is 88.6 cm³/mol. The number of nitrogens with zero attached hydrogens (tertiary/aromatic N) is 1. The molecule has 0 heterocycles. The first-order valence-electron chi connectivity index (χ1n) is 8.31. The van der Waals surface area contributed by atoms with Crippen molar-refractivity contribution in [2.24, 2.45) is 11.7 Å². The summed E-state index contributed by atoms with van der Waals surface area (Å²) in [5, 5.41) is 0. The summed E-state index contributed by atoms with van der Waals surface area (Å²) in [6.07, 6.45) is 5.38. The Balaban J connectivity index is 2.01. The maximum atomic E-state index is 6.46. The van der Waals surface area contributed by atoms with Crippen molar-refractivity contribution < 1.29 is 4.74 Å². The molecule has 118 valence electrons. The molecule has 0 bridgehead atoms. The number of benzene rings is 1. The van der Waals surface area contributed by atoms with Crippen molar-refractivity contribution in [1.82, 2.24) is 4.90 Å². The second-order valence-electron chi connectivity index (χ2n) is 6.35. The molecule has 0 amide bonds. The van der Waals surface area contributed by atoms with E-state index >= 15 is 0 Å². The van der Waals surface area contributed by atoms with Crippen molar-refractivity contribution in [3.05, 3.63) is 29.8 Å². The summed E-state index contributed by atoms with van der Waals surface area (Å²) in [6.45, 7) is 5.95. The molecule has 3 atom stereocenters. The van der Waals surface area contributed by atoms with Crippen LogP contribution in [0, 0.1) is 5.92 Å². The predicted octanol–water partition coefficient (Wildman–Crippen LogP) is 3.60. The lowest BCUT2D eigenvalue weighted by atomic mass is 9.85. The molecule has 3 heteroatoms. The lowest BCUT2D eigenvalue weighted by Crippen LogP contribution is -2.42. The van der Waals surface area contributed by atoms with Gasteiger partial charge in [0, 0.05) is 24.2 Å². The Bertz CT molecular complexity index is 435. The van der Waals surface area contributed by atoms with Crippen LogP contribution in [0.3, 0.4) is 0 Å². The summed E-state index contributed by atoms with van der Waals surface area (Å²) >= 11 is 0. The molecule has 1 fully saturated rings. The zero-order valence-electron chi connectivity index (χ0n) is 13.7. The lowest BCUT2D eigenvalue weighted by Gasteiger charge is -2.37. The van der Waals surface area contributed by atoms with Crippen LogP contribution in [0.2, 0.25) is 0 Å². The van der Waals surface area contributed by atoms with E-state index in [-0.39, 0.29) is 6.04 Å². The fourth-order valence-electron chi connectivity index (χ4n) is 3.57. The summed E-state index contributed by atoms with van der Waals surface area (Å²) < 4.78 is 5.71. The van der Waals surface area contributed by atoms with Gasteiger partial charge in [-0.3, -0.25) is 0 Å². The molecule has 1 aliphatic rings. The van der Waals surface area contributed by atoms with Crippen LogP contribution in [0.4, 0.5) is 0 Å². The van der Waals surface area contributed by atoms with Crippen molar-refractivity contribution in [1.29, 1.82) is 0 Å². The van der Waals surface area contributed by atoms with Crippen molar-refractivity contribution >= 4 is 0 Å². The van der Waals surface area contributed by atoms with Crippen LogP contribution < -0.4 is 10.5 Å². The van der Waals surface area contributed by atoms with E-state index < -0.39 is 0 Å². The third kappa shape index (κ3) is 4.21. The van der Waals surface area contributed by atoms with Crippen molar-refractivity contribution in [3.8, 4) is 5.75 Å². The first-order chi connectivity index (χ1) is 10.1. The standard InChI is InChI=1S/C18H30N2O/c1-4-21-18-12-8-6-10-15(18)16(19)13-20(3)17-11-7-5-9-14(17)2/h6,8,10,12,14,16-17H,4-5,7,9,11,13,19H2,1-3H3. The molecule has 0 saturated heterocycles. The van der Waals surface area contributed by atoms with Gasteiger partial charge in [-0.1, -0.05) is 38.0 Å². The normalized spacial score (nSPS) is 24.0. The molecule has 3 unspecified atom stereocenters. The highest BCUT2D eigenvalue weighted by Crippen LogP contribution is 2.29. The van der Waals surface area contributed by atoms with E-state index in [1.165, 1.54) is 25.7 Å². The zero-order chi connectivity index (χ0) is 15.2. The lowest BCUT2D eigenvalue weighted by molar-refractivity contribution is 0.132. The van der Waals surface area contributed by atoms with E-state index in [1.54, 1.807) is 0 Å². The van der Waals surface area contributed by atoms with Crippen LogP contribution in [0.25, 0.3) is 0 Å². The van der Waals surface area contributed by atoms with Gasteiger partial charge in [-0.15, -0.1) is 0 Å². The van der Waals surface area contributed by atoms with Crippen molar-refractivity contribution in [2.75, 3.05) is 20.2 Å². The Morgan fingerprint density at radius 1 is 1.29 bits per heavy atom. The van der Waals surface area contributed by atoms with Crippen LogP contribution in [0.5, 0.6) is 5.75 Å². The van der Waals surface area contributed by atoms with E-state index in [9.17, 15) is 0 Å². The quantitative estimate of drug-likeness (QED) is 0.870. The molecular formula is C18H30N2O.